The lowest BCUT2D eigenvalue weighted by atomic mass is 9.97. The van der Waals surface area contributed by atoms with Crippen LogP contribution in [0.3, 0.4) is 0 Å². The molecule has 0 bridgehead atoms. The van der Waals surface area contributed by atoms with Gasteiger partial charge in [0, 0.05) is 4.47 Å². The lowest BCUT2D eigenvalue weighted by molar-refractivity contribution is 1.04. The summed E-state index contributed by atoms with van der Waals surface area (Å²) in [5.41, 5.74) is 2.66. The molecule has 0 heterocycles. The first kappa shape index (κ1) is 10.8. The van der Waals surface area contributed by atoms with Crippen molar-refractivity contribution in [2.24, 2.45) is 0 Å². The van der Waals surface area contributed by atoms with Gasteiger partial charge < -0.3 is 0 Å². The fourth-order valence-electron chi connectivity index (χ4n) is 2.22. The molecule has 0 saturated heterocycles. The molecule has 0 spiro atoms. The fourth-order valence-corrected chi connectivity index (χ4v) is 2.60. The second-order valence-electron chi connectivity index (χ2n) is 4.35. The van der Waals surface area contributed by atoms with Crippen molar-refractivity contribution in [1.29, 1.82) is 0 Å². The highest BCUT2D eigenvalue weighted by atomic mass is 79.9. The highest BCUT2D eigenvalue weighted by molar-refractivity contribution is 9.10. The topological polar surface area (TPSA) is 0 Å². The van der Waals surface area contributed by atoms with Gasteiger partial charge >= 0.3 is 0 Å². The molecular weight excluding hydrogens is 272 g/mol. The van der Waals surface area contributed by atoms with E-state index >= 15 is 0 Å². The summed E-state index contributed by atoms with van der Waals surface area (Å²) in [4.78, 5) is 0. The van der Waals surface area contributed by atoms with Gasteiger partial charge in [0.1, 0.15) is 0 Å². The first-order chi connectivity index (χ1) is 8.33. The standard InChI is InChI=1S/C16H13Br/c17-16-9-8-14-10-13(6-7-15(14)11-16)12-4-2-1-3-5-12/h2,4-11H,1,3H2. The molecule has 0 N–H and O–H groups in total. The molecule has 1 aliphatic rings. The van der Waals surface area contributed by atoms with E-state index in [1.165, 1.54) is 28.3 Å². The van der Waals surface area contributed by atoms with E-state index in [4.69, 9.17) is 0 Å². The molecule has 0 radical (unpaired) electrons. The maximum absolute atomic E-state index is 3.50. The summed E-state index contributed by atoms with van der Waals surface area (Å²) in [6.07, 6.45) is 9.12. The van der Waals surface area contributed by atoms with Crippen LogP contribution in [-0.4, -0.2) is 0 Å². The van der Waals surface area contributed by atoms with Gasteiger partial charge in [-0.25, -0.2) is 0 Å². The van der Waals surface area contributed by atoms with Gasteiger partial charge in [0.15, 0.2) is 0 Å². The third kappa shape index (κ3) is 2.20. The maximum atomic E-state index is 3.50. The average molecular weight is 285 g/mol. The Bertz CT molecular complexity index is 620. The van der Waals surface area contributed by atoms with Gasteiger partial charge in [0.2, 0.25) is 0 Å². The van der Waals surface area contributed by atoms with Crippen molar-refractivity contribution in [3.8, 4) is 0 Å². The van der Waals surface area contributed by atoms with E-state index < -0.39 is 0 Å². The zero-order valence-electron chi connectivity index (χ0n) is 9.49. The first-order valence-corrected chi connectivity index (χ1v) is 6.69. The molecule has 0 saturated carbocycles. The third-order valence-electron chi connectivity index (χ3n) is 3.13. The quantitative estimate of drug-likeness (QED) is 0.663. The van der Waals surface area contributed by atoms with Crippen molar-refractivity contribution in [3.63, 3.8) is 0 Å². The number of hydrogen-bond donors (Lipinski definition) is 0. The molecule has 2 aromatic rings. The number of rotatable bonds is 1. The lowest BCUT2D eigenvalue weighted by Gasteiger charge is -2.08. The molecule has 0 aliphatic heterocycles. The van der Waals surface area contributed by atoms with Crippen molar-refractivity contribution >= 4 is 32.3 Å². The molecule has 1 aliphatic carbocycles. The maximum Gasteiger partial charge on any atom is 0.0181 e. The molecule has 0 unspecified atom stereocenters. The molecule has 0 fully saturated rings. The van der Waals surface area contributed by atoms with Crippen LogP contribution in [0.4, 0.5) is 0 Å². The van der Waals surface area contributed by atoms with Crippen LogP contribution < -0.4 is 0 Å². The highest BCUT2D eigenvalue weighted by Crippen LogP contribution is 2.26. The van der Waals surface area contributed by atoms with Gasteiger partial charge in [0.25, 0.3) is 0 Å². The zero-order valence-corrected chi connectivity index (χ0v) is 11.1. The van der Waals surface area contributed by atoms with Gasteiger partial charge in [-0.3, -0.25) is 0 Å². The van der Waals surface area contributed by atoms with E-state index in [-0.39, 0.29) is 0 Å². The first-order valence-electron chi connectivity index (χ1n) is 5.89. The molecule has 3 rings (SSSR count). The number of fused-ring (bicyclic) bond motifs is 1. The summed E-state index contributed by atoms with van der Waals surface area (Å²) in [6.45, 7) is 0. The Morgan fingerprint density at radius 3 is 2.53 bits per heavy atom. The monoisotopic (exact) mass is 284 g/mol. The van der Waals surface area contributed by atoms with Crippen LogP contribution >= 0.6 is 15.9 Å². The van der Waals surface area contributed by atoms with E-state index in [1.807, 2.05) is 0 Å². The van der Waals surface area contributed by atoms with Crippen molar-refractivity contribution < 1.29 is 0 Å². The van der Waals surface area contributed by atoms with Crippen LogP contribution in [-0.2, 0) is 0 Å². The number of allylic oxidation sites excluding steroid dienone is 4. The van der Waals surface area contributed by atoms with Gasteiger partial charge in [-0.2, -0.15) is 0 Å². The summed E-state index contributed by atoms with van der Waals surface area (Å²) in [6, 6.07) is 13.1. The predicted molar refractivity (Wildman–Crippen MR) is 78.0 cm³/mol. The van der Waals surface area contributed by atoms with Crippen molar-refractivity contribution in [2.75, 3.05) is 0 Å². The molecule has 0 amide bonds. The Hall–Kier alpha value is -1.34. The predicted octanol–water partition coefficient (Wildman–Crippen LogP) is 5.34. The van der Waals surface area contributed by atoms with Crippen molar-refractivity contribution in [2.45, 2.75) is 12.8 Å². The molecular formula is C16H13Br. The molecule has 1 heteroatoms. The Morgan fingerprint density at radius 2 is 1.71 bits per heavy atom. The average Bonchev–Trinajstić information content (AvgIpc) is 2.39. The fraction of sp³-hybridized carbons (Fsp3) is 0.125. The minimum absolute atomic E-state index is 1.13. The van der Waals surface area contributed by atoms with Crippen molar-refractivity contribution in [3.05, 3.63) is 64.7 Å². The third-order valence-corrected chi connectivity index (χ3v) is 3.62. The van der Waals surface area contributed by atoms with Crippen LogP contribution in [0.25, 0.3) is 16.3 Å². The minimum Gasteiger partial charge on any atom is -0.0836 e. The van der Waals surface area contributed by atoms with E-state index in [9.17, 15) is 0 Å². The van der Waals surface area contributed by atoms with E-state index in [2.05, 4.69) is 70.6 Å². The Labute approximate surface area is 110 Å². The Morgan fingerprint density at radius 1 is 0.882 bits per heavy atom. The summed E-state index contributed by atoms with van der Waals surface area (Å²) >= 11 is 3.50. The molecule has 0 nitrogen and oxygen atoms in total. The normalized spacial score (nSPS) is 15.0. The van der Waals surface area contributed by atoms with E-state index in [0.717, 1.165) is 10.9 Å². The minimum atomic E-state index is 1.13. The largest absolute Gasteiger partial charge is 0.0836 e. The number of halogens is 1. The van der Waals surface area contributed by atoms with E-state index in [0.29, 0.717) is 0 Å². The smallest absolute Gasteiger partial charge is 0.0181 e. The molecule has 17 heavy (non-hydrogen) atoms. The Kier molecular flexibility index (Phi) is 2.86. The van der Waals surface area contributed by atoms with Gasteiger partial charge in [-0.05, 0) is 52.9 Å². The Balaban J connectivity index is 2.10. The van der Waals surface area contributed by atoms with Gasteiger partial charge in [0.05, 0.1) is 0 Å². The van der Waals surface area contributed by atoms with E-state index in [1.54, 1.807) is 0 Å². The molecule has 84 valence electrons. The van der Waals surface area contributed by atoms with Crippen LogP contribution in [0.15, 0.2) is 59.1 Å². The van der Waals surface area contributed by atoms with Crippen LogP contribution in [0, 0.1) is 0 Å². The van der Waals surface area contributed by atoms with Crippen LogP contribution in [0.1, 0.15) is 18.4 Å². The molecule has 0 aromatic heterocycles. The number of benzene rings is 2. The lowest BCUT2D eigenvalue weighted by Crippen LogP contribution is -1.86. The van der Waals surface area contributed by atoms with Crippen LogP contribution in [0.2, 0.25) is 0 Å². The molecule has 2 aromatic carbocycles. The highest BCUT2D eigenvalue weighted by Gasteiger charge is 2.02. The second kappa shape index (κ2) is 4.50. The second-order valence-corrected chi connectivity index (χ2v) is 5.26. The van der Waals surface area contributed by atoms with Gasteiger partial charge in [-0.1, -0.05) is 52.4 Å². The summed E-state index contributed by atoms with van der Waals surface area (Å²) in [5, 5.41) is 2.58. The summed E-state index contributed by atoms with van der Waals surface area (Å²) in [5.74, 6) is 0. The SMILES string of the molecule is Brc1ccc2cc(C3=CCCC=C3)ccc2c1. The summed E-state index contributed by atoms with van der Waals surface area (Å²) < 4.78 is 1.13. The van der Waals surface area contributed by atoms with Crippen LogP contribution in [0.5, 0.6) is 0 Å². The molecule has 0 atom stereocenters. The summed E-state index contributed by atoms with van der Waals surface area (Å²) in [7, 11) is 0. The van der Waals surface area contributed by atoms with Gasteiger partial charge in [-0.15, -0.1) is 0 Å². The zero-order chi connectivity index (χ0) is 11.7. The van der Waals surface area contributed by atoms with Crippen molar-refractivity contribution in [1.82, 2.24) is 0 Å². The number of hydrogen-bond acceptors (Lipinski definition) is 0.